The van der Waals surface area contributed by atoms with E-state index in [-0.39, 0.29) is 11.7 Å². The van der Waals surface area contributed by atoms with Gasteiger partial charge in [0.25, 0.3) is 5.91 Å². The lowest BCUT2D eigenvalue weighted by Crippen LogP contribution is -2.35. The number of benzene rings is 1. The Bertz CT molecular complexity index is 607. The lowest BCUT2D eigenvalue weighted by Gasteiger charge is -2.20. The number of nitrogens with one attached hydrogen (secondary N) is 2. The highest BCUT2D eigenvalue weighted by Crippen LogP contribution is 2.23. The molecule has 6 heteroatoms. The summed E-state index contributed by atoms with van der Waals surface area (Å²) in [5.74, 6) is 0.694. The van der Waals surface area contributed by atoms with Gasteiger partial charge in [-0.05, 0) is 18.6 Å². The third kappa shape index (κ3) is 2.22. The number of hydrogen-bond donors (Lipinski definition) is 2. The minimum atomic E-state index is -0.166. The van der Waals surface area contributed by atoms with Gasteiger partial charge in [-0.25, -0.2) is 4.98 Å². The van der Waals surface area contributed by atoms with Crippen LogP contribution in [0, 0.1) is 6.92 Å². The standard InChI is InChI=1S/C13H15N5O/c1-9-15-12(17-16-9)13(19)18-7-6-14-8-10-4-2-3-5-11(10)18/h2-5,14H,6-8H2,1H3,(H,15,16,17). The van der Waals surface area contributed by atoms with Crippen molar-refractivity contribution in [3.05, 3.63) is 41.5 Å². The summed E-state index contributed by atoms with van der Waals surface area (Å²) in [4.78, 5) is 18.3. The number of amides is 1. The Kier molecular flexibility index (Phi) is 3.00. The Balaban J connectivity index is 1.98. The number of para-hydroxylation sites is 1. The average Bonchev–Trinajstić information content (AvgIpc) is 2.74. The van der Waals surface area contributed by atoms with Crippen molar-refractivity contribution in [1.29, 1.82) is 0 Å². The number of aromatic nitrogens is 3. The predicted octanol–water partition coefficient (Wildman–Crippen LogP) is 0.863. The van der Waals surface area contributed by atoms with Crippen LogP contribution < -0.4 is 10.2 Å². The number of carbonyl (C=O) groups is 1. The second-order valence-corrected chi connectivity index (χ2v) is 4.51. The smallest absolute Gasteiger partial charge is 0.297 e. The Hall–Kier alpha value is -2.21. The highest BCUT2D eigenvalue weighted by molar-refractivity contribution is 6.04. The van der Waals surface area contributed by atoms with E-state index < -0.39 is 0 Å². The van der Waals surface area contributed by atoms with Gasteiger partial charge in [0, 0.05) is 25.3 Å². The summed E-state index contributed by atoms with van der Waals surface area (Å²) >= 11 is 0. The number of anilines is 1. The van der Waals surface area contributed by atoms with E-state index in [1.165, 1.54) is 0 Å². The number of rotatable bonds is 1. The van der Waals surface area contributed by atoms with Crippen LogP contribution in [-0.2, 0) is 6.54 Å². The summed E-state index contributed by atoms with van der Waals surface area (Å²) in [6.45, 7) is 3.92. The van der Waals surface area contributed by atoms with Crippen LogP contribution in [0.5, 0.6) is 0 Å². The maximum atomic E-state index is 12.5. The topological polar surface area (TPSA) is 73.9 Å². The molecule has 0 unspecified atom stereocenters. The number of hydrogen-bond acceptors (Lipinski definition) is 4. The molecular weight excluding hydrogens is 242 g/mol. The molecule has 1 aromatic carbocycles. The van der Waals surface area contributed by atoms with E-state index in [9.17, 15) is 4.79 Å². The Morgan fingerprint density at radius 1 is 1.37 bits per heavy atom. The molecule has 6 nitrogen and oxygen atoms in total. The van der Waals surface area contributed by atoms with Crippen molar-refractivity contribution in [2.45, 2.75) is 13.5 Å². The number of H-pyrrole nitrogens is 1. The molecule has 1 aromatic heterocycles. The van der Waals surface area contributed by atoms with Crippen molar-refractivity contribution in [3.63, 3.8) is 0 Å². The molecule has 0 saturated carbocycles. The fourth-order valence-electron chi connectivity index (χ4n) is 2.23. The molecule has 1 aliphatic rings. The first-order chi connectivity index (χ1) is 9.25. The van der Waals surface area contributed by atoms with Crippen LogP contribution in [0.1, 0.15) is 22.0 Å². The van der Waals surface area contributed by atoms with Crippen molar-refractivity contribution in [1.82, 2.24) is 20.5 Å². The van der Waals surface area contributed by atoms with Gasteiger partial charge in [-0.15, -0.1) is 5.10 Å². The molecular formula is C13H15N5O. The Labute approximate surface area is 110 Å². The van der Waals surface area contributed by atoms with Crippen LogP contribution >= 0.6 is 0 Å². The second-order valence-electron chi connectivity index (χ2n) is 4.51. The summed E-state index contributed by atoms with van der Waals surface area (Å²) < 4.78 is 0. The van der Waals surface area contributed by atoms with Crippen molar-refractivity contribution in [2.75, 3.05) is 18.0 Å². The quantitative estimate of drug-likeness (QED) is 0.794. The van der Waals surface area contributed by atoms with E-state index in [1.807, 2.05) is 24.3 Å². The molecule has 19 heavy (non-hydrogen) atoms. The SMILES string of the molecule is Cc1nc(C(=O)N2CCNCc3ccccc32)n[nH]1. The number of aromatic amines is 1. The zero-order valence-electron chi connectivity index (χ0n) is 10.7. The zero-order valence-corrected chi connectivity index (χ0v) is 10.7. The van der Waals surface area contributed by atoms with Crippen LogP contribution in [0.4, 0.5) is 5.69 Å². The van der Waals surface area contributed by atoms with Gasteiger partial charge in [0.15, 0.2) is 0 Å². The molecule has 98 valence electrons. The van der Waals surface area contributed by atoms with E-state index in [0.29, 0.717) is 12.4 Å². The van der Waals surface area contributed by atoms with E-state index in [2.05, 4.69) is 20.5 Å². The van der Waals surface area contributed by atoms with E-state index in [0.717, 1.165) is 24.3 Å². The Morgan fingerprint density at radius 2 is 2.21 bits per heavy atom. The molecule has 0 fully saturated rings. The molecule has 1 aliphatic heterocycles. The highest BCUT2D eigenvalue weighted by atomic mass is 16.2. The summed E-state index contributed by atoms with van der Waals surface area (Å²) in [5, 5.41) is 9.95. The van der Waals surface area contributed by atoms with Gasteiger partial charge >= 0.3 is 0 Å². The molecule has 0 radical (unpaired) electrons. The van der Waals surface area contributed by atoms with Crippen molar-refractivity contribution in [2.24, 2.45) is 0 Å². The number of nitrogens with zero attached hydrogens (tertiary/aromatic N) is 3. The number of fused-ring (bicyclic) bond motifs is 1. The van der Waals surface area contributed by atoms with E-state index >= 15 is 0 Å². The van der Waals surface area contributed by atoms with Crippen molar-refractivity contribution in [3.8, 4) is 0 Å². The summed E-state index contributed by atoms with van der Waals surface area (Å²) in [7, 11) is 0. The Morgan fingerprint density at radius 3 is 3.00 bits per heavy atom. The molecule has 2 aromatic rings. The lowest BCUT2D eigenvalue weighted by atomic mass is 10.1. The lowest BCUT2D eigenvalue weighted by molar-refractivity contribution is 0.0978. The first-order valence-electron chi connectivity index (χ1n) is 6.25. The zero-order chi connectivity index (χ0) is 13.2. The van der Waals surface area contributed by atoms with Crippen LogP contribution in [0.15, 0.2) is 24.3 Å². The van der Waals surface area contributed by atoms with Crippen molar-refractivity contribution >= 4 is 11.6 Å². The van der Waals surface area contributed by atoms with Gasteiger partial charge in [-0.3, -0.25) is 9.89 Å². The first-order valence-corrected chi connectivity index (χ1v) is 6.25. The van der Waals surface area contributed by atoms with E-state index in [1.54, 1.807) is 11.8 Å². The van der Waals surface area contributed by atoms with E-state index in [4.69, 9.17) is 0 Å². The summed E-state index contributed by atoms with van der Waals surface area (Å²) in [6.07, 6.45) is 0. The normalized spacial score (nSPS) is 14.9. The fourth-order valence-corrected chi connectivity index (χ4v) is 2.23. The second kappa shape index (κ2) is 4.81. The third-order valence-corrected chi connectivity index (χ3v) is 3.14. The highest BCUT2D eigenvalue weighted by Gasteiger charge is 2.24. The molecule has 0 atom stereocenters. The fraction of sp³-hybridized carbons (Fsp3) is 0.308. The maximum absolute atomic E-state index is 12.5. The van der Waals surface area contributed by atoms with Crippen molar-refractivity contribution < 1.29 is 4.79 Å². The minimum absolute atomic E-state index is 0.166. The number of aryl methyl sites for hydroxylation is 1. The minimum Gasteiger partial charge on any atom is -0.311 e. The molecule has 0 bridgehead atoms. The summed E-state index contributed by atoms with van der Waals surface area (Å²) in [5.41, 5.74) is 2.04. The summed E-state index contributed by atoms with van der Waals surface area (Å²) in [6, 6.07) is 7.90. The average molecular weight is 257 g/mol. The van der Waals surface area contributed by atoms with Crippen LogP contribution in [-0.4, -0.2) is 34.2 Å². The van der Waals surface area contributed by atoms with Crippen LogP contribution in [0.3, 0.4) is 0 Å². The van der Waals surface area contributed by atoms with Crippen LogP contribution in [0.25, 0.3) is 0 Å². The molecule has 3 rings (SSSR count). The van der Waals surface area contributed by atoms with Gasteiger partial charge in [-0.1, -0.05) is 18.2 Å². The molecule has 2 N–H and O–H groups in total. The molecule has 0 spiro atoms. The first kappa shape index (κ1) is 11.9. The van der Waals surface area contributed by atoms with Gasteiger partial charge in [0.2, 0.25) is 5.82 Å². The van der Waals surface area contributed by atoms with Gasteiger partial charge < -0.3 is 10.2 Å². The molecule has 0 saturated heterocycles. The molecule has 1 amide bonds. The van der Waals surface area contributed by atoms with Gasteiger partial charge in [0.1, 0.15) is 5.82 Å². The van der Waals surface area contributed by atoms with Crippen LogP contribution in [0.2, 0.25) is 0 Å². The monoisotopic (exact) mass is 257 g/mol. The molecule has 0 aliphatic carbocycles. The largest absolute Gasteiger partial charge is 0.311 e. The van der Waals surface area contributed by atoms with Gasteiger partial charge in [-0.2, -0.15) is 0 Å². The van der Waals surface area contributed by atoms with Gasteiger partial charge in [0.05, 0.1) is 0 Å². The molecule has 2 heterocycles. The maximum Gasteiger partial charge on any atom is 0.297 e. The predicted molar refractivity (Wildman–Crippen MR) is 70.9 cm³/mol. The number of carbonyl (C=O) groups excluding carboxylic acids is 1. The third-order valence-electron chi connectivity index (χ3n) is 3.14.